The average molecular weight is 460 g/mol. The fourth-order valence-electron chi connectivity index (χ4n) is 2.78. The molecule has 160 valence electrons. The van der Waals surface area contributed by atoms with Crippen molar-refractivity contribution in [3.05, 3.63) is 60.3 Å². The summed E-state index contributed by atoms with van der Waals surface area (Å²) in [5, 5.41) is 22.2. The second kappa shape index (κ2) is 8.39. The van der Waals surface area contributed by atoms with E-state index in [0.29, 0.717) is 5.52 Å². The fraction of sp³-hybridized carbons (Fsp3) is 0.111. The molecule has 0 saturated heterocycles. The molecule has 0 aliphatic carbocycles. The standard InChI is InChI=1S/C18H16N6O5S2/c19-31(27,28)20-9-15-22-23-16(29-15)10-24(18(25)26)17-21-13-7-6-12(8-14(13)30-17)11-4-2-1-3-5-11/h1-8,20H,9-10H2,(H,25,26)(H2,19,27,28). The highest BCUT2D eigenvalue weighted by Crippen LogP contribution is 2.33. The predicted octanol–water partition coefficient (Wildman–Crippen LogP) is 2.32. The van der Waals surface area contributed by atoms with Crippen molar-refractivity contribution < 1.29 is 22.7 Å². The Kier molecular flexibility index (Phi) is 5.65. The fourth-order valence-corrected chi connectivity index (χ4v) is 4.10. The van der Waals surface area contributed by atoms with Crippen molar-refractivity contribution in [3.63, 3.8) is 0 Å². The zero-order chi connectivity index (χ0) is 22.0. The third-order valence-electron chi connectivity index (χ3n) is 4.17. The topological polar surface area (TPSA) is 165 Å². The molecule has 0 radical (unpaired) electrons. The largest absolute Gasteiger partial charge is 0.465 e. The Bertz CT molecular complexity index is 1340. The molecule has 4 N–H and O–H groups in total. The van der Waals surface area contributed by atoms with Crippen LogP contribution in [0, 0.1) is 0 Å². The van der Waals surface area contributed by atoms with Crippen molar-refractivity contribution >= 4 is 43.0 Å². The van der Waals surface area contributed by atoms with Crippen molar-refractivity contribution in [2.24, 2.45) is 5.14 Å². The van der Waals surface area contributed by atoms with Crippen LogP contribution in [-0.2, 0) is 23.3 Å². The first kappa shape index (κ1) is 20.9. The molecule has 11 nitrogen and oxygen atoms in total. The molecule has 0 aliphatic rings. The number of fused-ring (bicyclic) bond motifs is 1. The zero-order valence-corrected chi connectivity index (χ0v) is 17.4. The number of nitrogens with one attached hydrogen (secondary N) is 1. The Labute approximate surface area is 180 Å². The van der Waals surface area contributed by atoms with Crippen LogP contribution in [0.25, 0.3) is 21.3 Å². The molecule has 4 aromatic rings. The first-order valence-corrected chi connectivity index (χ1v) is 11.2. The van der Waals surface area contributed by atoms with Crippen LogP contribution in [0.4, 0.5) is 9.93 Å². The second-order valence-corrected chi connectivity index (χ2v) is 8.76. The molecular formula is C18H16N6O5S2. The molecule has 31 heavy (non-hydrogen) atoms. The van der Waals surface area contributed by atoms with E-state index in [9.17, 15) is 18.3 Å². The third-order valence-corrected chi connectivity index (χ3v) is 5.76. The Morgan fingerprint density at radius 2 is 1.87 bits per heavy atom. The molecule has 1 amide bonds. The van der Waals surface area contributed by atoms with Crippen molar-refractivity contribution in [1.29, 1.82) is 0 Å². The summed E-state index contributed by atoms with van der Waals surface area (Å²) >= 11 is 1.22. The number of rotatable bonds is 7. The minimum Gasteiger partial charge on any atom is -0.465 e. The number of hydrogen-bond donors (Lipinski definition) is 3. The maximum absolute atomic E-state index is 11.8. The Balaban J connectivity index is 1.57. The first-order valence-electron chi connectivity index (χ1n) is 8.83. The van der Waals surface area contributed by atoms with Crippen LogP contribution >= 0.6 is 11.3 Å². The van der Waals surface area contributed by atoms with Crippen molar-refractivity contribution in [2.75, 3.05) is 4.90 Å². The van der Waals surface area contributed by atoms with Gasteiger partial charge in [0.25, 0.3) is 10.2 Å². The van der Waals surface area contributed by atoms with Gasteiger partial charge in [-0.25, -0.2) is 19.8 Å². The van der Waals surface area contributed by atoms with E-state index < -0.39 is 16.3 Å². The summed E-state index contributed by atoms with van der Waals surface area (Å²) in [7, 11) is -3.92. The van der Waals surface area contributed by atoms with Crippen LogP contribution in [0.2, 0.25) is 0 Å². The maximum atomic E-state index is 11.8. The number of thiazole rings is 1. The van der Waals surface area contributed by atoms with E-state index >= 15 is 0 Å². The van der Waals surface area contributed by atoms with E-state index in [2.05, 4.69) is 15.2 Å². The molecule has 2 aromatic carbocycles. The third kappa shape index (κ3) is 5.03. The molecule has 4 rings (SSSR count). The minimum absolute atomic E-state index is 0.0159. The summed E-state index contributed by atoms with van der Waals surface area (Å²) in [6.07, 6.45) is -1.25. The molecular weight excluding hydrogens is 444 g/mol. The summed E-state index contributed by atoms with van der Waals surface area (Å²) in [5.41, 5.74) is 2.70. The SMILES string of the molecule is NS(=O)(=O)NCc1nnc(CN(C(=O)O)c2nc3ccc(-c4ccccc4)cc3s2)o1. The number of carbonyl (C=O) groups is 1. The first-order chi connectivity index (χ1) is 14.8. The van der Waals surface area contributed by atoms with Crippen LogP contribution in [0.5, 0.6) is 0 Å². The van der Waals surface area contributed by atoms with Crippen molar-refractivity contribution in [1.82, 2.24) is 19.9 Å². The lowest BCUT2D eigenvalue weighted by molar-refractivity contribution is 0.200. The summed E-state index contributed by atoms with van der Waals surface area (Å²) in [6, 6.07) is 15.5. The van der Waals surface area contributed by atoms with Crippen LogP contribution < -0.4 is 14.8 Å². The van der Waals surface area contributed by atoms with E-state index in [-0.39, 0.29) is 30.0 Å². The molecule has 2 aromatic heterocycles. The van der Waals surface area contributed by atoms with Gasteiger partial charge < -0.3 is 9.52 Å². The minimum atomic E-state index is -3.92. The molecule has 0 aliphatic heterocycles. The van der Waals surface area contributed by atoms with Crippen molar-refractivity contribution in [2.45, 2.75) is 13.1 Å². The number of hydrogen-bond acceptors (Lipinski definition) is 8. The van der Waals surface area contributed by atoms with Crippen LogP contribution in [-0.4, -0.2) is 34.8 Å². The Hall–Kier alpha value is -3.39. The average Bonchev–Trinajstić information content (AvgIpc) is 3.36. The molecule has 0 bridgehead atoms. The number of benzene rings is 2. The van der Waals surface area contributed by atoms with Gasteiger partial charge in [0, 0.05) is 0 Å². The van der Waals surface area contributed by atoms with Gasteiger partial charge in [0.05, 0.1) is 16.8 Å². The highest BCUT2D eigenvalue weighted by atomic mass is 32.2. The molecule has 0 saturated carbocycles. The normalized spacial score (nSPS) is 11.6. The molecule has 0 fully saturated rings. The van der Waals surface area contributed by atoms with Gasteiger partial charge in [-0.3, -0.25) is 0 Å². The smallest absolute Gasteiger partial charge is 0.414 e. The molecule has 13 heteroatoms. The molecule has 0 atom stereocenters. The Morgan fingerprint density at radius 3 is 2.58 bits per heavy atom. The van der Waals surface area contributed by atoms with Crippen LogP contribution in [0.1, 0.15) is 11.8 Å². The van der Waals surface area contributed by atoms with E-state index in [0.717, 1.165) is 20.7 Å². The number of anilines is 1. The summed E-state index contributed by atoms with van der Waals surface area (Å²) < 4.78 is 30.0. The van der Waals surface area contributed by atoms with E-state index in [1.807, 2.05) is 53.3 Å². The Morgan fingerprint density at radius 1 is 1.13 bits per heavy atom. The van der Waals surface area contributed by atoms with Gasteiger partial charge in [0.2, 0.25) is 11.8 Å². The summed E-state index contributed by atoms with van der Waals surface area (Å²) in [6.45, 7) is -0.550. The lowest BCUT2D eigenvalue weighted by atomic mass is 10.1. The number of amides is 1. The van der Waals surface area contributed by atoms with E-state index in [1.54, 1.807) is 0 Å². The van der Waals surface area contributed by atoms with Gasteiger partial charge in [0.15, 0.2) is 5.13 Å². The van der Waals surface area contributed by atoms with Crippen LogP contribution in [0.15, 0.2) is 52.9 Å². The van der Waals surface area contributed by atoms with Gasteiger partial charge in [-0.15, -0.1) is 10.2 Å². The lowest BCUT2D eigenvalue weighted by Gasteiger charge is -2.12. The number of aromatic nitrogens is 3. The van der Waals surface area contributed by atoms with Gasteiger partial charge in [-0.05, 0) is 23.3 Å². The van der Waals surface area contributed by atoms with E-state index in [1.165, 1.54) is 11.3 Å². The van der Waals surface area contributed by atoms with E-state index in [4.69, 9.17) is 9.56 Å². The highest BCUT2D eigenvalue weighted by Gasteiger charge is 2.22. The number of nitrogens with two attached hydrogens (primary N) is 1. The van der Waals surface area contributed by atoms with Crippen LogP contribution in [0.3, 0.4) is 0 Å². The lowest BCUT2D eigenvalue weighted by Crippen LogP contribution is -2.30. The molecule has 2 heterocycles. The van der Waals surface area contributed by atoms with Gasteiger partial charge >= 0.3 is 6.09 Å². The van der Waals surface area contributed by atoms with Crippen molar-refractivity contribution in [3.8, 4) is 11.1 Å². The monoisotopic (exact) mass is 460 g/mol. The van der Waals surface area contributed by atoms with Gasteiger partial charge in [-0.2, -0.15) is 13.1 Å². The number of carboxylic acid groups (broad SMARTS) is 1. The predicted molar refractivity (Wildman–Crippen MR) is 114 cm³/mol. The highest BCUT2D eigenvalue weighted by molar-refractivity contribution is 7.87. The van der Waals surface area contributed by atoms with Gasteiger partial charge in [0.1, 0.15) is 6.54 Å². The zero-order valence-electron chi connectivity index (χ0n) is 15.8. The second-order valence-electron chi connectivity index (χ2n) is 6.37. The molecule has 0 spiro atoms. The molecule has 0 unspecified atom stereocenters. The number of nitrogens with zero attached hydrogens (tertiary/aromatic N) is 4. The summed E-state index contributed by atoms with van der Waals surface area (Å²) in [4.78, 5) is 17.2. The summed E-state index contributed by atoms with van der Waals surface area (Å²) in [5.74, 6) is -0.0657. The quantitative estimate of drug-likeness (QED) is 0.378. The maximum Gasteiger partial charge on any atom is 0.414 e. The van der Waals surface area contributed by atoms with Gasteiger partial charge in [-0.1, -0.05) is 47.7 Å².